The molecule has 0 fully saturated rings. The third-order valence-corrected chi connectivity index (χ3v) is 4.07. The van der Waals surface area contributed by atoms with Gasteiger partial charge in [-0.3, -0.25) is 0 Å². The SMILES string of the molecule is C=CCOc1ccccc1CN=C(NCC)NCCc1cccc(OC)c1O. The lowest BCUT2D eigenvalue weighted by atomic mass is 10.1. The normalized spacial score (nSPS) is 11.0. The van der Waals surface area contributed by atoms with Crippen LogP contribution in [0.4, 0.5) is 0 Å². The number of hydrogen-bond acceptors (Lipinski definition) is 4. The molecule has 0 aliphatic carbocycles. The summed E-state index contributed by atoms with van der Waals surface area (Å²) in [4.78, 5) is 4.64. The van der Waals surface area contributed by atoms with Gasteiger partial charge in [0.05, 0.1) is 13.7 Å². The van der Waals surface area contributed by atoms with Gasteiger partial charge >= 0.3 is 0 Å². The molecule has 0 amide bonds. The molecule has 0 radical (unpaired) electrons. The molecule has 0 saturated carbocycles. The van der Waals surface area contributed by atoms with Gasteiger partial charge in [0.25, 0.3) is 0 Å². The average molecular weight is 383 g/mol. The molecule has 0 heterocycles. The Labute approximate surface area is 166 Å². The van der Waals surface area contributed by atoms with Crippen molar-refractivity contribution >= 4 is 5.96 Å². The molecule has 6 heteroatoms. The molecule has 150 valence electrons. The van der Waals surface area contributed by atoms with E-state index in [1.54, 1.807) is 19.3 Å². The van der Waals surface area contributed by atoms with Gasteiger partial charge in [0.1, 0.15) is 12.4 Å². The highest BCUT2D eigenvalue weighted by Crippen LogP contribution is 2.29. The zero-order chi connectivity index (χ0) is 20.2. The van der Waals surface area contributed by atoms with Crippen molar-refractivity contribution in [3.8, 4) is 17.2 Å². The number of guanidine groups is 1. The van der Waals surface area contributed by atoms with E-state index >= 15 is 0 Å². The number of phenolic OH excluding ortho intramolecular Hbond substituents is 1. The van der Waals surface area contributed by atoms with Crippen molar-refractivity contribution in [2.75, 3.05) is 26.8 Å². The first-order valence-electron chi connectivity index (χ1n) is 9.38. The summed E-state index contributed by atoms with van der Waals surface area (Å²) in [6.45, 7) is 8.04. The Bertz CT molecular complexity index is 790. The maximum atomic E-state index is 10.2. The third-order valence-electron chi connectivity index (χ3n) is 4.07. The largest absolute Gasteiger partial charge is 0.504 e. The topological polar surface area (TPSA) is 75.1 Å². The molecule has 2 rings (SSSR count). The van der Waals surface area contributed by atoms with E-state index in [1.165, 1.54) is 0 Å². The van der Waals surface area contributed by atoms with Crippen LogP contribution in [0.2, 0.25) is 0 Å². The zero-order valence-corrected chi connectivity index (χ0v) is 16.6. The van der Waals surface area contributed by atoms with Crippen LogP contribution >= 0.6 is 0 Å². The van der Waals surface area contributed by atoms with Crippen LogP contribution in [0.15, 0.2) is 60.1 Å². The predicted octanol–water partition coefficient (Wildman–Crippen LogP) is 3.26. The van der Waals surface area contributed by atoms with Gasteiger partial charge in [0, 0.05) is 18.7 Å². The number of nitrogens with zero attached hydrogens (tertiary/aromatic N) is 1. The van der Waals surface area contributed by atoms with Crippen LogP contribution in [0.1, 0.15) is 18.1 Å². The fourth-order valence-electron chi connectivity index (χ4n) is 2.68. The van der Waals surface area contributed by atoms with Crippen molar-refractivity contribution in [3.63, 3.8) is 0 Å². The first kappa shape index (κ1) is 21.2. The Kier molecular flexibility index (Phi) is 8.72. The molecule has 0 aliphatic heterocycles. The summed E-state index contributed by atoms with van der Waals surface area (Å²) in [7, 11) is 1.55. The van der Waals surface area contributed by atoms with Crippen LogP contribution < -0.4 is 20.1 Å². The predicted molar refractivity (Wildman–Crippen MR) is 113 cm³/mol. The molecule has 0 spiro atoms. The lowest BCUT2D eigenvalue weighted by Crippen LogP contribution is -2.38. The van der Waals surface area contributed by atoms with Crippen molar-refractivity contribution in [2.45, 2.75) is 19.9 Å². The van der Waals surface area contributed by atoms with Gasteiger partial charge in [0.15, 0.2) is 17.5 Å². The monoisotopic (exact) mass is 383 g/mol. The number of para-hydroxylation sites is 2. The number of ether oxygens (including phenoxy) is 2. The van der Waals surface area contributed by atoms with Crippen LogP contribution in [0.5, 0.6) is 17.2 Å². The van der Waals surface area contributed by atoms with Gasteiger partial charge in [-0.05, 0) is 31.0 Å². The van der Waals surface area contributed by atoms with E-state index in [0.29, 0.717) is 37.8 Å². The third kappa shape index (κ3) is 6.23. The van der Waals surface area contributed by atoms with E-state index in [-0.39, 0.29) is 5.75 Å². The Morgan fingerprint density at radius 2 is 1.86 bits per heavy atom. The van der Waals surface area contributed by atoms with Gasteiger partial charge in [-0.25, -0.2) is 4.99 Å². The molecule has 2 aromatic rings. The minimum Gasteiger partial charge on any atom is -0.504 e. The number of hydrogen-bond donors (Lipinski definition) is 3. The van der Waals surface area contributed by atoms with Crippen LogP contribution in [0, 0.1) is 0 Å². The molecule has 0 saturated heterocycles. The minimum absolute atomic E-state index is 0.182. The number of aromatic hydroxyl groups is 1. The second kappa shape index (κ2) is 11.5. The van der Waals surface area contributed by atoms with E-state index in [9.17, 15) is 5.11 Å². The van der Waals surface area contributed by atoms with Gasteiger partial charge in [0.2, 0.25) is 0 Å². The first-order valence-corrected chi connectivity index (χ1v) is 9.38. The average Bonchev–Trinajstić information content (AvgIpc) is 2.72. The van der Waals surface area contributed by atoms with Crippen LogP contribution in [-0.2, 0) is 13.0 Å². The second-order valence-electron chi connectivity index (χ2n) is 6.05. The van der Waals surface area contributed by atoms with E-state index in [1.807, 2.05) is 43.3 Å². The zero-order valence-electron chi connectivity index (χ0n) is 16.6. The van der Waals surface area contributed by atoms with Crippen molar-refractivity contribution in [3.05, 3.63) is 66.2 Å². The smallest absolute Gasteiger partial charge is 0.191 e. The maximum absolute atomic E-state index is 10.2. The van der Waals surface area contributed by atoms with E-state index in [4.69, 9.17) is 9.47 Å². The molecule has 28 heavy (non-hydrogen) atoms. The highest BCUT2D eigenvalue weighted by Gasteiger charge is 2.08. The maximum Gasteiger partial charge on any atom is 0.191 e. The Hall–Kier alpha value is -3.15. The number of methoxy groups -OCH3 is 1. The van der Waals surface area contributed by atoms with Gasteiger partial charge in [-0.2, -0.15) is 0 Å². The molecule has 0 aromatic heterocycles. The van der Waals surface area contributed by atoms with Gasteiger partial charge in [-0.15, -0.1) is 0 Å². The quantitative estimate of drug-likeness (QED) is 0.334. The van der Waals surface area contributed by atoms with Crippen LogP contribution in [-0.4, -0.2) is 37.9 Å². The summed E-state index contributed by atoms with van der Waals surface area (Å²) in [5.41, 5.74) is 1.83. The molecule has 3 N–H and O–H groups in total. The van der Waals surface area contributed by atoms with Crippen molar-refractivity contribution in [2.24, 2.45) is 4.99 Å². The molecular formula is C22H29N3O3. The standard InChI is InChI=1S/C22H29N3O3/c1-4-15-28-19-11-7-6-9-18(19)16-25-22(23-5-2)24-14-13-17-10-8-12-20(27-3)21(17)26/h4,6-12,26H,1,5,13-16H2,2-3H3,(H2,23,24,25). The summed E-state index contributed by atoms with van der Waals surface area (Å²) in [5, 5.41) is 16.7. The number of aliphatic imine (C=N–C) groups is 1. The van der Waals surface area contributed by atoms with E-state index in [0.717, 1.165) is 23.4 Å². The van der Waals surface area contributed by atoms with Crippen molar-refractivity contribution in [1.82, 2.24) is 10.6 Å². The number of phenols is 1. The highest BCUT2D eigenvalue weighted by atomic mass is 16.5. The van der Waals surface area contributed by atoms with E-state index < -0.39 is 0 Å². The van der Waals surface area contributed by atoms with Crippen LogP contribution in [0.25, 0.3) is 0 Å². The summed E-state index contributed by atoms with van der Waals surface area (Å²) >= 11 is 0. The molecule has 0 aliphatic rings. The summed E-state index contributed by atoms with van der Waals surface area (Å²) in [6, 6.07) is 13.3. The minimum atomic E-state index is 0.182. The molecule has 0 unspecified atom stereocenters. The molecule has 6 nitrogen and oxygen atoms in total. The number of benzene rings is 2. The number of nitrogens with one attached hydrogen (secondary N) is 2. The van der Waals surface area contributed by atoms with E-state index in [2.05, 4.69) is 22.2 Å². The Morgan fingerprint density at radius 1 is 1.11 bits per heavy atom. The fraction of sp³-hybridized carbons (Fsp3) is 0.318. The summed E-state index contributed by atoms with van der Waals surface area (Å²) < 4.78 is 10.8. The van der Waals surface area contributed by atoms with Crippen molar-refractivity contribution < 1.29 is 14.6 Å². The van der Waals surface area contributed by atoms with Gasteiger partial charge < -0.3 is 25.2 Å². The fourth-order valence-corrected chi connectivity index (χ4v) is 2.68. The molecule has 0 bridgehead atoms. The van der Waals surface area contributed by atoms with Crippen molar-refractivity contribution in [1.29, 1.82) is 0 Å². The number of rotatable bonds is 10. The molecule has 2 aromatic carbocycles. The summed E-state index contributed by atoms with van der Waals surface area (Å²) in [6.07, 6.45) is 2.37. The Balaban J connectivity index is 1.99. The highest BCUT2D eigenvalue weighted by molar-refractivity contribution is 5.79. The lowest BCUT2D eigenvalue weighted by molar-refractivity contribution is 0.359. The first-order chi connectivity index (χ1) is 13.7. The molecular weight excluding hydrogens is 354 g/mol. The molecule has 0 atom stereocenters. The summed E-state index contributed by atoms with van der Waals surface area (Å²) in [5.74, 6) is 2.18. The lowest BCUT2D eigenvalue weighted by Gasteiger charge is -2.13. The Morgan fingerprint density at radius 3 is 2.61 bits per heavy atom. The second-order valence-corrected chi connectivity index (χ2v) is 6.05. The van der Waals surface area contributed by atoms with Gasteiger partial charge in [-0.1, -0.05) is 43.0 Å². The van der Waals surface area contributed by atoms with Crippen LogP contribution in [0.3, 0.4) is 0 Å².